The molecule has 0 saturated heterocycles. The van der Waals surface area contributed by atoms with Crippen LogP contribution < -0.4 is 0 Å². The van der Waals surface area contributed by atoms with E-state index in [-0.39, 0.29) is 16.7 Å². The van der Waals surface area contributed by atoms with Gasteiger partial charge in [-0.2, -0.15) is 0 Å². The lowest BCUT2D eigenvalue weighted by molar-refractivity contribution is -0.143. The summed E-state index contributed by atoms with van der Waals surface area (Å²) in [6, 6.07) is 0. The number of halogens is 2. The summed E-state index contributed by atoms with van der Waals surface area (Å²) in [4.78, 5) is 15.5. The molecule has 0 aromatic heterocycles. The molecule has 0 aliphatic heterocycles. The first-order valence-corrected chi connectivity index (χ1v) is 5.57. The van der Waals surface area contributed by atoms with Crippen molar-refractivity contribution < 1.29 is 9.63 Å². The fraction of sp³-hybridized carbons (Fsp3) is 0.778. The summed E-state index contributed by atoms with van der Waals surface area (Å²) in [6.07, 6.45) is 2.90. The van der Waals surface area contributed by atoms with Gasteiger partial charge in [-0.15, -0.1) is 23.2 Å². The van der Waals surface area contributed by atoms with Gasteiger partial charge < -0.3 is 4.84 Å². The number of carbonyl (C=O) groups excluding carboxylic acids is 1. The van der Waals surface area contributed by atoms with Crippen LogP contribution in [0.4, 0.5) is 0 Å². The van der Waals surface area contributed by atoms with E-state index in [1.54, 1.807) is 6.92 Å². The van der Waals surface area contributed by atoms with Crippen molar-refractivity contribution in [3.05, 3.63) is 0 Å². The lowest BCUT2D eigenvalue weighted by Crippen LogP contribution is -2.30. The van der Waals surface area contributed by atoms with Gasteiger partial charge in [0, 0.05) is 6.42 Å². The largest absolute Gasteiger partial charge is 0.334 e. The van der Waals surface area contributed by atoms with Crippen molar-refractivity contribution in [1.29, 1.82) is 0 Å². The molecule has 3 nitrogen and oxygen atoms in total. The summed E-state index contributed by atoms with van der Waals surface area (Å²) in [6.45, 7) is 1.71. The van der Waals surface area contributed by atoms with Crippen molar-refractivity contribution in [2.24, 2.45) is 5.16 Å². The number of carbonyl (C=O) groups is 1. The van der Waals surface area contributed by atoms with Crippen LogP contribution in [0.25, 0.3) is 0 Å². The molecule has 5 heteroatoms. The molecule has 80 valence electrons. The maximum absolute atomic E-state index is 10.8. The number of oxime groups is 1. The lowest BCUT2D eigenvalue weighted by atomic mass is 9.98. The molecule has 0 spiro atoms. The standard InChI is InChI=1S/C9H13Cl2NO2/c1-2-8(13)14-12-7-5-3-4-6(10)9(7)11/h6,9H,2-5H2,1H3. The van der Waals surface area contributed by atoms with Crippen LogP contribution in [0, 0.1) is 0 Å². The van der Waals surface area contributed by atoms with E-state index in [1.807, 2.05) is 0 Å². The van der Waals surface area contributed by atoms with E-state index in [0.29, 0.717) is 12.1 Å². The first-order valence-electron chi connectivity index (χ1n) is 4.70. The zero-order valence-corrected chi connectivity index (χ0v) is 9.51. The van der Waals surface area contributed by atoms with Gasteiger partial charge in [0.15, 0.2) is 0 Å². The summed E-state index contributed by atoms with van der Waals surface area (Å²) in [5.41, 5.74) is 0.680. The summed E-state index contributed by atoms with van der Waals surface area (Å²) in [5, 5.41) is 3.32. The minimum atomic E-state index is -0.349. The molecule has 1 rings (SSSR count). The quantitative estimate of drug-likeness (QED) is 0.421. The molecule has 1 saturated carbocycles. The van der Waals surface area contributed by atoms with Gasteiger partial charge in [-0.1, -0.05) is 12.1 Å². The molecular formula is C9H13Cl2NO2. The minimum Gasteiger partial charge on any atom is -0.318 e. The average Bonchev–Trinajstić information content (AvgIpc) is 2.20. The highest BCUT2D eigenvalue weighted by atomic mass is 35.5. The number of alkyl halides is 2. The Bertz CT molecular complexity index is 243. The van der Waals surface area contributed by atoms with Gasteiger partial charge in [0.25, 0.3) is 0 Å². The number of nitrogens with zero attached hydrogens (tertiary/aromatic N) is 1. The summed E-state index contributed by atoms with van der Waals surface area (Å²) in [7, 11) is 0. The normalized spacial score (nSPS) is 30.4. The van der Waals surface area contributed by atoms with E-state index >= 15 is 0 Å². The van der Waals surface area contributed by atoms with Gasteiger partial charge in [-0.3, -0.25) is 0 Å². The third kappa shape index (κ3) is 3.14. The molecule has 0 aromatic carbocycles. The second-order valence-corrected chi connectivity index (χ2v) is 4.24. The van der Waals surface area contributed by atoms with E-state index in [9.17, 15) is 4.79 Å². The molecule has 0 heterocycles. The van der Waals surface area contributed by atoms with Crippen molar-refractivity contribution in [1.82, 2.24) is 0 Å². The Kier molecular flexibility index (Phi) is 4.69. The van der Waals surface area contributed by atoms with Crippen molar-refractivity contribution in [2.45, 2.75) is 43.4 Å². The highest BCUT2D eigenvalue weighted by Gasteiger charge is 2.27. The fourth-order valence-corrected chi connectivity index (χ4v) is 1.82. The monoisotopic (exact) mass is 237 g/mol. The third-order valence-corrected chi connectivity index (χ3v) is 3.26. The van der Waals surface area contributed by atoms with E-state index in [4.69, 9.17) is 23.2 Å². The maximum Gasteiger partial charge on any atom is 0.334 e. The van der Waals surface area contributed by atoms with Crippen molar-refractivity contribution in [2.75, 3.05) is 0 Å². The first-order chi connectivity index (χ1) is 6.65. The molecular weight excluding hydrogens is 225 g/mol. The van der Waals surface area contributed by atoms with Gasteiger partial charge in [0.1, 0.15) is 0 Å². The van der Waals surface area contributed by atoms with E-state index in [1.165, 1.54) is 0 Å². The van der Waals surface area contributed by atoms with E-state index < -0.39 is 0 Å². The van der Waals surface area contributed by atoms with E-state index in [0.717, 1.165) is 19.3 Å². The number of hydrogen-bond acceptors (Lipinski definition) is 3. The molecule has 0 amide bonds. The molecule has 0 radical (unpaired) electrons. The zero-order valence-electron chi connectivity index (χ0n) is 8.00. The van der Waals surface area contributed by atoms with Gasteiger partial charge in [-0.05, 0) is 19.3 Å². The summed E-state index contributed by atoms with van der Waals surface area (Å²) < 4.78 is 0. The smallest absolute Gasteiger partial charge is 0.318 e. The van der Waals surface area contributed by atoms with Crippen LogP contribution in [-0.2, 0) is 9.63 Å². The topological polar surface area (TPSA) is 38.7 Å². The number of hydrogen-bond donors (Lipinski definition) is 0. The maximum atomic E-state index is 10.8. The third-order valence-electron chi connectivity index (χ3n) is 2.10. The predicted octanol–water partition coefficient (Wildman–Crippen LogP) is 2.69. The highest BCUT2D eigenvalue weighted by molar-refractivity contribution is 6.38. The summed E-state index contributed by atoms with van der Waals surface area (Å²) >= 11 is 12.0. The van der Waals surface area contributed by atoms with Crippen LogP contribution in [0.2, 0.25) is 0 Å². The van der Waals surface area contributed by atoms with Crippen LogP contribution in [-0.4, -0.2) is 22.4 Å². The molecule has 14 heavy (non-hydrogen) atoms. The van der Waals surface area contributed by atoms with Crippen LogP contribution in [0.1, 0.15) is 32.6 Å². The van der Waals surface area contributed by atoms with Crippen molar-refractivity contribution in [3.8, 4) is 0 Å². The molecule has 0 aromatic rings. The van der Waals surface area contributed by atoms with E-state index in [2.05, 4.69) is 9.99 Å². The van der Waals surface area contributed by atoms with Gasteiger partial charge in [-0.25, -0.2) is 4.79 Å². The van der Waals surface area contributed by atoms with Gasteiger partial charge >= 0.3 is 5.97 Å². The van der Waals surface area contributed by atoms with Crippen LogP contribution in [0.15, 0.2) is 5.16 Å². The highest BCUT2D eigenvalue weighted by Crippen LogP contribution is 2.25. The van der Waals surface area contributed by atoms with Crippen LogP contribution in [0.5, 0.6) is 0 Å². The Hall–Kier alpha value is -0.280. The van der Waals surface area contributed by atoms with Crippen molar-refractivity contribution in [3.63, 3.8) is 0 Å². The Morgan fingerprint density at radius 1 is 1.64 bits per heavy atom. The predicted molar refractivity (Wildman–Crippen MR) is 57.0 cm³/mol. The molecule has 0 N–H and O–H groups in total. The fourth-order valence-electron chi connectivity index (χ4n) is 1.24. The SMILES string of the molecule is CCC(=O)ON=C1CCCC(Cl)C1Cl. The molecule has 0 bridgehead atoms. The zero-order chi connectivity index (χ0) is 10.6. The van der Waals surface area contributed by atoms with Gasteiger partial charge in [0.2, 0.25) is 0 Å². The Balaban J connectivity index is 2.53. The molecule has 2 unspecified atom stereocenters. The first kappa shape index (κ1) is 11.8. The molecule has 1 aliphatic carbocycles. The second-order valence-electron chi connectivity index (χ2n) is 3.21. The molecule has 1 aliphatic rings. The van der Waals surface area contributed by atoms with Crippen molar-refractivity contribution >= 4 is 34.9 Å². The second kappa shape index (κ2) is 5.56. The van der Waals surface area contributed by atoms with Crippen LogP contribution >= 0.6 is 23.2 Å². The Morgan fingerprint density at radius 3 is 3.00 bits per heavy atom. The molecule has 1 fully saturated rings. The number of rotatable bonds is 2. The lowest BCUT2D eigenvalue weighted by Gasteiger charge is -2.22. The summed E-state index contributed by atoms with van der Waals surface area (Å²) in [5.74, 6) is -0.349. The average molecular weight is 238 g/mol. The molecule has 2 atom stereocenters. The van der Waals surface area contributed by atoms with Gasteiger partial charge in [0.05, 0.1) is 16.5 Å². The Labute approximate surface area is 93.4 Å². The minimum absolute atomic E-state index is 0.107. The Morgan fingerprint density at radius 2 is 2.36 bits per heavy atom. The van der Waals surface area contributed by atoms with Crippen LogP contribution in [0.3, 0.4) is 0 Å².